The van der Waals surface area contributed by atoms with Gasteiger partial charge < -0.3 is 14.5 Å². The highest BCUT2D eigenvalue weighted by atomic mass is 35.5. The summed E-state index contributed by atoms with van der Waals surface area (Å²) in [5.41, 5.74) is 0.870. The van der Waals surface area contributed by atoms with Gasteiger partial charge in [0.25, 0.3) is 0 Å². The van der Waals surface area contributed by atoms with Gasteiger partial charge in [0.2, 0.25) is 5.91 Å². The van der Waals surface area contributed by atoms with Crippen LogP contribution in [0.2, 0.25) is 5.02 Å². The number of ether oxygens (including phenoxy) is 1. The van der Waals surface area contributed by atoms with Gasteiger partial charge in [0.1, 0.15) is 0 Å². The Morgan fingerprint density at radius 2 is 2.04 bits per heavy atom. The molecule has 0 saturated heterocycles. The lowest BCUT2D eigenvalue weighted by molar-refractivity contribution is -0.141. The summed E-state index contributed by atoms with van der Waals surface area (Å²) in [6, 6.07) is 6.95. The van der Waals surface area contributed by atoms with Crippen LogP contribution in [0, 0.1) is 0 Å². The Labute approximate surface area is 145 Å². The van der Waals surface area contributed by atoms with E-state index in [2.05, 4.69) is 15.0 Å². The molecule has 0 spiro atoms. The van der Waals surface area contributed by atoms with Crippen molar-refractivity contribution in [3.63, 3.8) is 0 Å². The average Bonchev–Trinajstić information content (AvgIpc) is 3.02. The number of amides is 1. The minimum atomic E-state index is -0.358. The van der Waals surface area contributed by atoms with Crippen molar-refractivity contribution in [1.82, 2.24) is 10.3 Å². The molecular weight excluding hydrogens is 332 g/mol. The number of halogens is 1. The number of hydrogen-bond acceptors (Lipinski definition) is 5. The lowest BCUT2D eigenvalue weighted by Crippen LogP contribution is -2.34. The number of methoxy groups -OCH3 is 1. The number of esters is 1. The highest BCUT2D eigenvalue weighted by Gasteiger charge is 2.13. The number of hydrogen-bond donors (Lipinski definition) is 1. The molecule has 24 heavy (non-hydrogen) atoms. The first kappa shape index (κ1) is 18.0. The van der Waals surface area contributed by atoms with E-state index in [9.17, 15) is 9.59 Å². The lowest BCUT2D eigenvalue weighted by Gasteiger charge is -2.11. The highest BCUT2D eigenvalue weighted by Crippen LogP contribution is 2.22. The summed E-state index contributed by atoms with van der Waals surface area (Å²) >= 11 is 5.85. The molecule has 1 atom stereocenters. The van der Waals surface area contributed by atoms with E-state index in [1.54, 1.807) is 25.3 Å². The van der Waals surface area contributed by atoms with Crippen molar-refractivity contribution in [3.05, 3.63) is 41.4 Å². The molecule has 1 aromatic carbocycles. The smallest absolute Gasteiger partial charge is 0.307 e. The first-order valence-corrected chi connectivity index (χ1v) is 7.92. The molecule has 1 N–H and O–H groups in total. The second-order valence-electron chi connectivity index (χ2n) is 5.37. The molecule has 2 aromatic rings. The Morgan fingerprint density at radius 1 is 1.33 bits per heavy atom. The lowest BCUT2D eigenvalue weighted by atomic mass is 10.2. The molecule has 7 heteroatoms. The van der Waals surface area contributed by atoms with Gasteiger partial charge in [-0.25, -0.2) is 4.98 Å². The largest absolute Gasteiger partial charge is 0.469 e. The third-order valence-electron chi connectivity index (χ3n) is 3.36. The van der Waals surface area contributed by atoms with Crippen LogP contribution in [0.5, 0.6) is 0 Å². The zero-order valence-electron chi connectivity index (χ0n) is 13.5. The minimum Gasteiger partial charge on any atom is -0.469 e. The fraction of sp³-hybridized carbons (Fsp3) is 0.353. The van der Waals surface area contributed by atoms with E-state index in [4.69, 9.17) is 16.0 Å². The number of carbonyl (C=O) groups excluding carboxylic acids is 2. The Hall–Kier alpha value is -2.34. The maximum atomic E-state index is 11.9. The first-order valence-electron chi connectivity index (χ1n) is 7.54. The van der Waals surface area contributed by atoms with Crippen LogP contribution >= 0.6 is 11.6 Å². The fourth-order valence-corrected chi connectivity index (χ4v) is 2.25. The molecule has 1 amide bonds. The van der Waals surface area contributed by atoms with Crippen molar-refractivity contribution in [1.29, 1.82) is 0 Å². The number of rotatable bonds is 7. The minimum absolute atomic E-state index is 0.141. The monoisotopic (exact) mass is 350 g/mol. The van der Waals surface area contributed by atoms with Gasteiger partial charge in [-0.1, -0.05) is 11.6 Å². The van der Waals surface area contributed by atoms with E-state index in [1.165, 1.54) is 7.11 Å². The van der Waals surface area contributed by atoms with Crippen LogP contribution in [0.15, 0.2) is 34.9 Å². The summed E-state index contributed by atoms with van der Waals surface area (Å²) in [4.78, 5) is 27.2. The van der Waals surface area contributed by atoms with E-state index in [1.807, 2.05) is 12.1 Å². The van der Waals surface area contributed by atoms with E-state index in [0.29, 0.717) is 23.1 Å². The zero-order valence-corrected chi connectivity index (χ0v) is 14.3. The van der Waals surface area contributed by atoms with Crippen molar-refractivity contribution in [2.24, 2.45) is 0 Å². The standard InChI is InChI=1S/C17H19ClN2O4/c1-11(9-17(22)23-2)20-15(21)7-8-16-19-10-14(24-16)12-3-5-13(18)6-4-12/h3-6,10-11H,7-9H2,1-2H3,(H,20,21). The van der Waals surface area contributed by atoms with Gasteiger partial charge in [-0.3, -0.25) is 9.59 Å². The molecule has 6 nitrogen and oxygen atoms in total. The van der Waals surface area contributed by atoms with Crippen LogP contribution in [0.3, 0.4) is 0 Å². The number of oxazole rings is 1. The van der Waals surface area contributed by atoms with Crippen LogP contribution < -0.4 is 5.32 Å². The molecular formula is C17H19ClN2O4. The third-order valence-corrected chi connectivity index (χ3v) is 3.61. The number of carbonyl (C=O) groups is 2. The Morgan fingerprint density at radius 3 is 2.71 bits per heavy atom. The van der Waals surface area contributed by atoms with Crippen LogP contribution in [-0.4, -0.2) is 30.0 Å². The summed E-state index contributed by atoms with van der Waals surface area (Å²) in [6.07, 6.45) is 2.37. The molecule has 0 bridgehead atoms. The average molecular weight is 351 g/mol. The van der Waals surface area contributed by atoms with Gasteiger partial charge in [0.15, 0.2) is 11.7 Å². The van der Waals surface area contributed by atoms with Crippen molar-refractivity contribution >= 4 is 23.5 Å². The van der Waals surface area contributed by atoms with E-state index in [-0.39, 0.29) is 30.8 Å². The predicted molar refractivity (Wildman–Crippen MR) is 89.5 cm³/mol. The van der Waals surface area contributed by atoms with Gasteiger partial charge in [-0.2, -0.15) is 0 Å². The quantitative estimate of drug-likeness (QED) is 0.776. The van der Waals surface area contributed by atoms with Gasteiger partial charge in [0, 0.05) is 29.5 Å². The highest BCUT2D eigenvalue weighted by molar-refractivity contribution is 6.30. The fourth-order valence-electron chi connectivity index (χ4n) is 2.13. The van der Waals surface area contributed by atoms with E-state index in [0.717, 1.165) is 5.56 Å². The van der Waals surface area contributed by atoms with Crippen LogP contribution in [-0.2, 0) is 20.7 Å². The molecule has 0 saturated carbocycles. The summed E-state index contributed by atoms with van der Waals surface area (Å²) in [6.45, 7) is 1.75. The van der Waals surface area contributed by atoms with E-state index < -0.39 is 0 Å². The molecule has 0 aliphatic heterocycles. The summed E-state index contributed by atoms with van der Waals surface area (Å²) in [5.74, 6) is 0.581. The Balaban J connectivity index is 1.83. The van der Waals surface area contributed by atoms with Crippen molar-refractivity contribution < 1.29 is 18.7 Å². The summed E-state index contributed by atoms with van der Waals surface area (Å²) < 4.78 is 10.2. The molecule has 1 aromatic heterocycles. The van der Waals surface area contributed by atoms with Gasteiger partial charge in [0.05, 0.1) is 19.7 Å². The third kappa shape index (κ3) is 5.38. The second-order valence-corrected chi connectivity index (χ2v) is 5.81. The number of benzene rings is 1. The molecule has 1 unspecified atom stereocenters. The van der Waals surface area contributed by atoms with Crippen LogP contribution in [0.25, 0.3) is 11.3 Å². The summed E-state index contributed by atoms with van der Waals surface area (Å²) in [5, 5.41) is 3.39. The normalized spacial score (nSPS) is 11.8. The zero-order chi connectivity index (χ0) is 17.5. The van der Waals surface area contributed by atoms with Gasteiger partial charge >= 0.3 is 5.97 Å². The Kier molecular flexibility index (Phi) is 6.37. The Bertz CT molecular complexity index is 697. The molecule has 128 valence electrons. The van der Waals surface area contributed by atoms with Crippen molar-refractivity contribution in [2.45, 2.75) is 32.2 Å². The SMILES string of the molecule is COC(=O)CC(C)NC(=O)CCc1ncc(-c2ccc(Cl)cc2)o1. The molecule has 0 radical (unpaired) electrons. The molecule has 1 heterocycles. The van der Waals surface area contributed by atoms with Gasteiger partial charge in [-0.05, 0) is 31.2 Å². The number of nitrogens with one attached hydrogen (secondary N) is 1. The molecule has 0 fully saturated rings. The van der Waals surface area contributed by atoms with E-state index >= 15 is 0 Å². The second kappa shape index (κ2) is 8.49. The van der Waals surface area contributed by atoms with Crippen molar-refractivity contribution in [3.8, 4) is 11.3 Å². The maximum Gasteiger partial charge on any atom is 0.307 e. The topological polar surface area (TPSA) is 81.4 Å². The first-order chi connectivity index (χ1) is 11.5. The molecule has 0 aliphatic carbocycles. The number of nitrogens with zero attached hydrogens (tertiary/aromatic N) is 1. The van der Waals surface area contributed by atoms with Crippen molar-refractivity contribution in [2.75, 3.05) is 7.11 Å². The molecule has 0 aliphatic rings. The summed E-state index contributed by atoms with van der Waals surface area (Å²) in [7, 11) is 1.32. The molecule has 2 rings (SSSR count). The van der Waals surface area contributed by atoms with Gasteiger partial charge in [-0.15, -0.1) is 0 Å². The van der Waals surface area contributed by atoms with Crippen LogP contribution in [0.1, 0.15) is 25.7 Å². The van der Waals surface area contributed by atoms with Crippen LogP contribution in [0.4, 0.5) is 0 Å². The predicted octanol–water partition coefficient (Wildman–Crippen LogP) is 3.00. The number of aromatic nitrogens is 1. The number of aryl methyl sites for hydroxylation is 1. The maximum absolute atomic E-state index is 11.9.